The van der Waals surface area contributed by atoms with Crippen LogP contribution >= 0.6 is 11.8 Å². The molecule has 3 aromatic rings. The van der Waals surface area contributed by atoms with Gasteiger partial charge in [-0.3, -0.25) is 4.79 Å². The fraction of sp³-hybridized carbons (Fsp3) is 0.269. The highest BCUT2D eigenvalue weighted by molar-refractivity contribution is 7.99. The minimum Gasteiger partial charge on any atom is -0.493 e. The highest BCUT2D eigenvalue weighted by Crippen LogP contribution is 2.41. The summed E-state index contributed by atoms with van der Waals surface area (Å²) in [5.41, 5.74) is 3.26. The molecule has 0 bridgehead atoms. The molecule has 0 spiro atoms. The van der Waals surface area contributed by atoms with Crippen LogP contribution in [-0.4, -0.2) is 37.3 Å². The number of fused-ring (bicyclic) bond motifs is 1. The maximum atomic E-state index is 13.9. The molecule has 0 saturated heterocycles. The second-order valence-corrected chi connectivity index (χ2v) is 8.72. The standard InChI is InChI=1S/C26H26FNO3S/c1-30-22-16-19-12-14-28(25(29)13-15-32-24-11-7-6-10-21(24)27)26(18-8-4-3-5-9-18)20(19)17-23(22)31-2/h3-11,16-17,26H,12-15H2,1-2H3. The van der Waals surface area contributed by atoms with Gasteiger partial charge < -0.3 is 14.4 Å². The Morgan fingerprint density at radius 3 is 2.44 bits per heavy atom. The Morgan fingerprint density at radius 2 is 1.72 bits per heavy atom. The molecule has 0 saturated carbocycles. The van der Waals surface area contributed by atoms with Crippen molar-refractivity contribution in [2.24, 2.45) is 0 Å². The molecule has 1 unspecified atom stereocenters. The molecular weight excluding hydrogens is 425 g/mol. The summed E-state index contributed by atoms with van der Waals surface area (Å²) in [6, 6.07) is 20.5. The minimum absolute atomic E-state index is 0.0585. The largest absolute Gasteiger partial charge is 0.493 e. The summed E-state index contributed by atoms with van der Waals surface area (Å²) >= 11 is 1.37. The van der Waals surface area contributed by atoms with Gasteiger partial charge in [-0.1, -0.05) is 42.5 Å². The van der Waals surface area contributed by atoms with E-state index < -0.39 is 0 Å². The summed E-state index contributed by atoms with van der Waals surface area (Å²) in [5, 5.41) is 0. The van der Waals surface area contributed by atoms with E-state index >= 15 is 0 Å². The first-order valence-electron chi connectivity index (χ1n) is 10.6. The van der Waals surface area contributed by atoms with E-state index in [1.807, 2.05) is 53.4 Å². The average molecular weight is 452 g/mol. The fourth-order valence-corrected chi connectivity index (χ4v) is 5.04. The van der Waals surface area contributed by atoms with Crippen LogP contribution in [0.1, 0.15) is 29.2 Å². The van der Waals surface area contributed by atoms with Crippen molar-refractivity contribution in [2.75, 3.05) is 26.5 Å². The molecule has 1 aliphatic heterocycles. The second kappa shape index (κ2) is 10.1. The number of rotatable bonds is 7. The topological polar surface area (TPSA) is 38.8 Å². The number of hydrogen-bond donors (Lipinski definition) is 0. The van der Waals surface area contributed by atoms with Gasteiger partial charge in [0.1, 0.15) is 5.82 Å². The van der Waals surface area contributed by atoms with Crippen LogP contribution in [0, 0.1) is 5.82 Å². The third kappa shape index (κ3) is 4.60. The molecule has 1 atom stereocenters. The van der Waals surface area contributed by atoms with E-state index in [9.17, 15) is 9.18 Å². The summed E-state index contributed by atoms with van der Waals surface area (Å²) in [6.07, 6.45) is 1.08. The first kappa shape index (κ1) is 22.2. The number of carbonyl (C=O) groups is 1. The molecular formula is C26H26FNO3S. The maximum Gasteiger partial charge on any atom is 0.224 e. The predicted octanol–water partition coefficient (Wildman–Crippen LogP) is 5.50. The van der Waals surface area contributed by atoms with Gasteiger partial charge in [0.05, 0.1) is 20.3 Å². The number of amides is 1. The fourth-order valence-electron chi connectivity index (χ4n) is 4.16. The molecule has 0 aliphatic carbocycles. The van der Waals surface area contributed by atoms with E-state index in [1.165, 1.54) is 17.8 Å². The number of carbonyl (C=O) groups excluding carboxylic acids is 1. The van der Waals surface area contributed by atoms with Crippen LogP contribution in [0.4, 0.5) is 4.39 Å². The number of halogens is 1. The Hall–Kier alpha value is -2.99. The highest BCUT2D eigenvalue weighted by atomic mass is 32.2. The van der Waals surface area contributed by atoms with E-state index in [4.69, 9.17) is 9.47 Å². The zero-order chi connectivity index (χ0) is 22.5. The van der Waals surface area contributed by atoms with Gasteiger partial charge in [-0.2, -0.15) is 0 Å². The maximum absolute atomic E-state index is 13.9. The van der Waals surface area contributed by atoms with Gasteiger partial charge in [0, 0.05) is 23.6 Å². The number of nitrogens with zero attached hydrogens (tertiary/aromatic N) is 1. The Labute approximate surface area is 192 Å². The summed E-state index contributed by atoms with van der Waals surface area (Å²) in [4.78, 5) is 15.8. The number of ether oxygens (including phenoxy) is 2. The van der Waals surface area contributed by atoms with Gasteiger partial charge in [-0.25, -0.2) is 4.39 Å². The lowest BCUT2D eigenvalue weighted by molar-refractivity contribution is -0.132. The van der Waals surface area contributed by atoms with Gasteiger partial charge in [0.25, 0.3) is 0 Å². The zero-order valence-electron chi connectivity index (χ0n) is 18.2. The highest BCUT2D eigenvalue weighted by Gasteiger charge is 2.33. The third-order valence-electron chi connectivity index (χ3n) is 5.72. The molecule has 166 valence electrons. The van der Waals surface area contributed by atoms with E-state index in [2.05, 4.69) is 0 Å². The summed E-state index contributed by atoms with van der Waals surface area (Å²) < 4.78 is 24.9. The van der Waals surface area contributed by atoms with Crippen molar-refractivity contribution >= 4 is 17.7 Å². The van der Waals surface area contributed by atoms with Gasteiger partial charge in [0.2, 0.25) is 5.91 Å². The van der Waals surface area contributed by atoms with Crippen LogP contribution in [0.15, 0.2) is 71.6 Å². The van der Waals surface area contributed by atoms with Crippen LogP contribution in [0.25, 0.3) is 0 Å². The number of benzene rings is 3. The second-order valence-electron chi connectivity index (χ2n) is 7.59. The Bertz CT molecular complexity index is 1090. The Kier molecular flexibility index (Phi) is 7.00. The molecule has 0 aromatic heterocycles. The van der Waals surface area contributed by atoms with Crippen molar-refractivity contribution in [2.45, 2.75) is 23.8 Å². The van der Waals surface area contributed by atoms with Crippen LogP contribution in [0.2, 0.25) is 0 Å². The van der Waals surface area contributed by atoms with Gasteiger partial charge in [-0.15, -0.1) is 11.8 Å². The van der Waals surface area contributed by atoms with Crippen LogP contribution < -0.4 is 9.47 Å². The van der Waals surface area contributed by atoms with Crippen molar-refractivity contribution < 1.29 is 18.7 Å². The molecule has 1 heterocycles. The number of thioether (sulfide) groups is 1. The smallest absolute Gasteiger partial charge is 0.224 e. The predicted molar refractivity (Wildman–Crippen MR) is 125 cm³/mol. The van der Waals surface area contributed by atoms with E-state index in [1.54, 1.807) is 26.4 Å². The third-order valence-corrected chi connectivity index (χ3v) is 6.77. The van der Waals surface area contributed by atoms with E-state index in [-0.39, 0.29) is 17.8 Å². The first-order valence-corrected chi connectivity index (χ1v) is 11.6. The van der Waals surface area contributed by atoms with E-state index in [0.717, 1.165) is 23.1 Å². The minimum atomic E-state index is -0.250. The van der Waals surface area contributed by atoms with Crippen molar-refractivity contribution in [3.05, 3.63) is 89.2 Å². The SMILES string of the molecule is COc1cc2c(cc1OC)C(c1ccccc1)N(C(=O)CCSc1ccccc1F)CC2. The number of hydrogen-bond acceptors (Lipinski definition) is 4. The summed E-state index contributed by atoms with van der Waals surface area (Å²) in [6.45, 7) is 0.616. The monoisotopic (exact) mass is 451 g/mol. The summed E-state index contributed by atoms with van der Waals surface area (Å²) in [7, 11) is 3.25. The number of methoxy groups -OCH3 is 2. The molecule has 1 amide bonds. The van der Waals surface area contributed by atoms with Gasteiger partial charge in [-0.05, 0) is 47.4 Å². The molecule has 6 heteroatoms. The van der Waals surface area contributed by atoms with Gasteiger partial charge in [0.15, 0.2) is 11.5 Å². The lowest BCUT2D eigenvalue weighted by Crippen LogP contribution is -2.40. The molecule has 1 aliphatic rings. The zero-order valence-corrected chi connectivity index (χ0v) is 19.0. The molecule has 0 fully saturated rings. The quantitative estimate of drug-likeness (QED) is 0.445. The van der Waals surface area contributed by atoms with E-state index in [0.29, 0.717) is 35.1 Å². The molecule has 0 N–H and O–H groups in total. The Morgan fingerprint density at radius 1 is 1.03 bits per heavy atom. The molecule has 4 nitrogen and oxygen atoms in total. The normalized spacial score (nSPS) is 15.2. The molecule has 3 aromatic carbocycles. The molecule has 0 radical (unpaired) electrons. The first-order chi connectivity index (χ1) is 15.6. The van der Waals surface area contributed by atoms with Gasteiger partial charge >= 0.3 is 0 Å². The van der Waals surface area contributed by atoms with Crippen LogP contribution in [-0.2, 0) is 11.2 Å². The molecule has 4 rings (SSSR count). The van der Waals surface area contributed by atoms with Crippen molar-refractivity contribution in [3.63, 3.8) is 0 Å². The van der Waals surface area contributed by atoms with Crippen molar-refractivity contribution in [1.82, 2.24) is 4.90 Å². The lowest BCUT2D eigenvalue weighted by Gasteiger charge is -2.38. The Balaban J connectivity index is 1.60. The van der Waals surface area contributed by atoms with Crippen molar-refractivity contribution in [3.8, 4) is 11.5 Å². The lowest BCUT2D eigenvalue weighted by atomic mass is 9.87. The summed E-state index contributed by atoms with van der Waals surface area (Å²) in [5.74, 6) is 1.68. The average Bonchev–Trinajstić information content (AvgIpc) is 2.84. The molecule has 32 heavy (non-hydrogen) atoms. The van der Waals surface area contributed by atoms with Crippen LogP contribution in [0.5, 0.6) is 11.5 Å². The van der Waals surface area contributed by atoms with Crippen LogP contribution in [0.3, 0.4) is 0 Å². The van der Waals surface area contributed by atoms with Crippen molar-refractivity contribution in [1.29, 1.82) is 0 Å².